The number of imidazole rings is 1. The largest absolute Gasteiger partial charge is 0.329 e. The molecule has 2 heterocycles. The molecule has 3 rings (SSSR count). The Bertz CT molecular complexity index is 613. The van der Waals surface area contributed by atoms with Gasteiger partial charge in [-0.3, -0.25) is 4.57 Å². The van der Waals surface area contributed by atoms with Crippen molar-refractivity contribution in [2.75, 3.05) is 0 Å². The van der Waals surface area contributed by atoms with E-state index in [0.29, 0.717) is 12.0 Å². The molecule has 1 fully saturated rings. The van der Waals surface area contributed by atoms with E-state index in [1.807, 2.05) is 18.3 Å². The van der Waals surface area contributed by atoms with Crippen molar-refractivity contribution < 1.29 is 0 Å². The SMILES string of the molecule is CC1CCC(n2c(=S)[nH]c3cccnc32)C(C)C1. The molecule has 2 aromatic heterocycles. The standard InChI is InChI=1S/C14H19N3S/c1-9-5-6-12(10(2)8-9)17-13-11(16-14(17)18)4-3-7-15-13/h3-4,7,9-10,12H,5-6,8H2,1-2H3,(H,16,18). The van der Waals surface area contributed by atoms with Crippen LogP contribution in [0.15, 0.2) is 18.3 Å². The van der Waals surface area contributed by atoms with E-state index in [2.05, 4.69) is 28.4 Å². The van der Waals surface area contributed by atoms with Crippen molar-refractivity contribution in [3.63, 3.8) is 0 Å². The van der Waals surface area contributed by atoms with Gasteiger partial charge in [-0.1, -0.05) is 13.8 Å². The summed E-state index contributed by atoms with van der Waals surface area (Å²) in [5, 5.41) is 0. The van der Waals surface area contributed by atoms with Crippen LogP contribution in [0.5, 0.6) is 0 Å². The van der Waals surface area contributed by atoms with Crippen molar-refractivity contribution in [1.82, 2.24) is 14.5 Å². The summed E-state index contributed by atoms with van der Waals surface area (Å²) in [6, 6.07) is 4.49. The number of hydrogen-bond donors (Lipinski definition) is 1. The second-order valence-corrected chi connectivity index (χ2v) is 6.02. The maximum absolute atomic E-state index is 5.48. The van der Waals surface area contributed by atoms with Crippen molar-refractivity contribution in [2.45, 2.75) is 39.2 Å². The van der Waals surface area contributed by atoms with Gasteiger partial charge in [0.2, 0.25) is 0 Å². The van der Waals surface area contributed by atoms with E-state index < -0.39 is 0 Å². The van der Waals surface area contributed by atoms with E-state index in [4.69, 9.17) is 12.2 Å². The summed E-state index contributed by atoms with van der Waals surface area (Å²) >= 11 is 5.48. The maximum Gasteiger partial charge on any atom is 0.179 e. The summed E-state index contributed by atoms with van der Waals surface area (Å²) in [7, 11) is 0. The minimum absolute atomic E-state index is 0.498. The Labute approximate surface area is 112 Å². The number of H-pyrrole nitrogens is 1. The van der Waals surface area contributed by atoms with Gasteiger partial charge in [0.25, 0.3) is 0 Å². The van der Waals surface area contributed by atoms with Crippen molar-refractivity contribution in [1.29, 1.82) is 0 Å². The van der Waals surface area contributed by atoms with Gasteiger partial charge in [0, 0.05) is 12.2 Å². The fraction of sp³-hybridized carbons (Fsp3) is 0.571. The Kier molecular flexibility index (Phi) is 2.98. The maximum atomic E-state index is 5.48. The number of fused-ring (bicyclic) bond motifs is 1. The fourth-order valence-electron chi connectivity index (χ4n) is 3.30. The highest BCUT2D eigenvalue weighted by Gasteiger charge is 2.28. The van der Waals surface area contributed by atoms with Crippen LogP contribution in [0.2, 0.25) is 0 Å². The molecule has 1 aliphatic rings. The number of rotatable bonds is 1. The van der Waals surface area contributed by atoms with E-state index in [0.717, 1.165) is 21.9 Å². The second kappa shape index (κ2) is 4.50. The first-order valence-electron chi connectivity index (χ1n) is 6.72. The molecule has 4 heteroatoms. The van der Waals surface area contributed by atoms with E-state index in [-0.39, 0.29) is 0 Å². The third-order valence-electron chi connectivity index (χ3n) is 4.19. The lowest BCUT2D eigenvalue weighted by Gasteiger charge is -2.33. The van der Waals surface area contributed by atoms with Crippen LogP contribution in [0.4, 0.5) is 0 Å². The Hall–Kier alpha value is -1.16. The predicted octanol–water partition coefficient (Wildman–Crippen LogP) is 4.09. The molecule has 0 aliphatic heterocycles. The molecule has 0 bridgehead atoms. The number of aromatic amines is 1. The van der Waals surface area contributed by atoms with Crippen LogP contribution in [0.1, 0.15) is 39.2 Å². The molecule has 0 radical (unpaired) electrons. The topological polar surface area (TPSA) is 33.6 Å². The zero-order chi connectivity index (χ0) is 12.7. The number of hydrogen-bond acceptors (Lipinski definition) is 2. The van der Waals surface area contributed by atoms with Crippen LogP contribution < -0.4 is 0 Å². The Balaban J connectivity index is 2.09. The number of nitrogens with one attached hydrogen (secondary N) is 1. The third kappa shape index (κ3) is 1.88. The Morgan fingerprint density at radius 2 is 2.22 bits per heavy atom. The summed E-state index contributed by atoms with van der Waals surface area (Å²) in [4.78, 5) is 7.77. The molecule has 3 nitrogen and oxygen atoms in total. The average molecular weight is 261 g/mol. The summed E-state index contributed by atoms with van der Waals surface area (Å²) in [6.07, 6.45) is 5.62. The highest BCUT2D eigenvalue weighted by molar-refractivity contribution is 7.71. The predicted molar refractivity (Wildman–Crippen MR) is 76.1 cm³/mol. The second-order valence-electron chi connectivity index (χ2n) is 5.64. The van der Waals surface area contributed by atoms with Crippen LogP contribution in [-0.2, 0) is 0 Å². The molecule has 2 aromatic rings. The van der Waals surface area contributed by atoms with Crippen molar-refractivity contribution >= 4 is 23.4 Å². The zero-order valence-electron chi connectivity index (χ0n) is 10.9. The summed E-state index contributed by atoms with van der Waals surface area (Å²) in [5.74, 6) is 1.50. The average Bonchev–Trinajstić information content (AvgIpc) is 2.66. The van der Waals surface area contributed by atoms with Gasteiger partial charge >= 0.3 is 0 Å². The van der Waals surface area contributed by atoms with Gasteiger partial charge in [-0.25, -0.2) is 4.98 Å². The fourth-order valence-corrected chi connectivity index (χ4v) is 3.63. The first kappa shape index (κ1) is 11.9. The quantitative estimate of drug-likeness (QED) is 0.784. The normalized spacial score (nSPS) is 28.7. The van der Waals surface area contributed by atoms with Crippen LogP contribution in [-0.4, -0.2) is 14.5 Å². The molecule has 96 valence electrons. The lowest BCUT2D eigenvalue weighted by atomic mass is 9.80. The van der Waals surface area contributed by atoms with Crippen molar-refractivity contribution in [2.24, 2.45) is 11.8 Å². The lowest BCUT2D eigenvalue weighted by molar-refractivity contribution is 0.209. The van der Waals surface area contributed by atoms with Crippen molar-refractivity contribution in [3.8, 4) is 0 Å². The molecule has 0 amide bonds. The lowest BCUT2D eigenvalue weighted by Crippen LogP contribution is -2.25. The number of aromatic nitrogens is 3. The van der Waals surface area contributed by atoms with Crippen LogP contribution >= 0.6 is 12.2 Å². The Morgan fingerprint density at radius 1 is 1.39 bits per heavy atom. The van der Waals surface area contributed by atoms with E-state index >= 15 is 0 Å². The molecule has 18 heavy (non-hydrogen) atoms. The molecule has 0 aromatic carbocycles. The minimum atomic E-state index is 0.498. The zero-order valence-corrected chi connectivity index (χ0v) is 11.7. The van der Waals surface area contributed by atoms with Gasteiger partial charge in [-0.2, -0.15) is 0 Å². The van der Waals surface area contributed by atoms with Crippen molar-refractivity contribution in [3.05, 3.63) is 23.1 Å². The van der Waals surface area contributed by atoms with Gasteiger partial charge in [0.05, 0.1) is 5.52 Å². The van der Waals surface area contributed by atoms with Crippen LogP contribution in [0.3, 0.4) is 0 Å². The van der Waals surface area contributed by atoms with Crippen LogP contribution in [0.25, 0.3) is 11.2 Å². The monoisotopic (exact) mass is 261 g/mol. The van der Waals surface area contributed by atoms with E-state index in [1.165, 1.54) is 19.3 Å². The molecular weight excluding hydrogens is 242 g/mol. The van der Waals surface area contributed by atoms with Crippen LogP contribution in [0, 0.1) is 16.6 Å². The Morgan fingerprint density at radius 3 is 3.00 bits per heavy atom. The molecule has 1 aliphatic carbocycles. The first-order valence-corrected chi connectivity index (χ1v) is 7.13. The van der Waals surface area contributed by atoms with Gasteiger partial charge in [0.15, 0.2) is 10.4 Å². The highest BCUT2D eigenvalue weighted by atomic mass is 32.1. The third-order valence-corrected chi connectivity index (χ3v) is 4.49. The number of nitrogens with zero attached hydrogens (tertiary/aromatic N) is 2. The molecule has 0 saturated heterocycles. The van der Waals surface area contributed by atoms with Gasteiger partial charge in [0.1, 0.15) is 0 Å². The summed E-state index contributed by atoms with van der Waals surface area (Å²) < 4.78 is 3.05. The molecular formula is C14H19N3S. The summed E-state index contributed by atoms with van der Waals surface area (Å²) in [5.41, 5.74) is 2.06. The minimum Gasteiger partial charge on any atom is -0.329 e. The van der Waals surface area contributed by atoms with Gasteiger partial charge in [-0.15, -0.1) is 0 Å². The van der Waals surface area contributed by atoms with Gasteiger partial charge < -0.3 is 4.98 Å². The van der Waals surface area contributed by atoms with E-state index in [9.17, 15) is 0 Å². The molecule has 3 atom stereocenters. The first-order chi connectivity index (χ1) is 8.66. The number of pyridine rings is 1. The molecule has 0 spiro atoms. The molecule has 1 saturated carbocycles. The highest BCUT2D eigenvalue weighted by Crippen LogP contribution is 2.38. The van der Waals surface area contributed by atoms with Gasteiger partial charge in [-0.05, 0) is 55.4 Å². The van der Waals surface area contributed by atoms with E-state index in [1.54, 1.807) is 0 Å². The smallest absolute Gasteiger partial charge is 0.179 e. The molecule has 3 unspecified atom stereocenters. The summed E-state index contributed by atoms with van der Waals surface area (Å²) in [6.45, 7) is 4.68. The molecule has 1 N–H and O–H groups in total.